The Morgan fingerprint density at radius 1 is 1.47 bits per heavy atom. The van der Waals surface area contributed by atoms with E-state index >= 15 is 0 Å². The Hall–Kier alpha value is -1.91. The number of carboxylic acids is 1. The molecule has 0 radical (unpaired) electrons. The number of aliphatic carboxylic acids is 1. The fourth-order valence-electron chi connectivity index (χ4n) is 1.36. The highest BCUT2D eigenvalue weighted by molar-refractivity contribution is 5.67. The Kier molecular flexibility index (Phi) is 4.28. The molecular weight excluding hydrogens is 194 g/mol. The van der Waals surface area contributed by atoms with E-state index in [9.17, 15) is 4.79 Å². The first-order valence-corrected chi connectivity index (χ1v) is 4.60. The molecule has 1 rings (SSSR count). The third kappa shape index (κ3) is 4.21. The van der Waals surface area contributed by atoms with E-state index in [-0.39, 0.29) is 12.5 Å². The molecule has 1 unspecified atom stereocenters. The molecule has 1 aromatic carbocycles. The Morgan fingerprint density at radius 3 is 2.67 bits per heavy atom. The van der Waals surface area contributed by atoms with Gasteiger partial charge in [0.25, 0.3) is 0 Å². The Morgan fingerprint density at radius 2 is 2.13 bits per heavy atom. The lowest BCUT2D eigenvalue weighted by Crippen LogP contribution is -2.29. The van der Waals surface area contributed by atoms with Crippen LogP contribution in [0.4, 0.5) is 0 Å². The van der Waals surface area contributed by atoms with Gasteiger partial charge < -0.3 is 5.11 Å². The van der Waals surface area contributed by atoms with E-state index in [0.717, 1.165) is 5.56 Å². The van der Waals surface area contributed by atoms with Crippen LogP contribution in [0.25, 0.3) is 0 Å². The Balaban J connectivity index is 2.58. The van der Waals surface area contributed by atoms with Crippen LogP contribution in [0, 0.1) is 5.53 Å². The van der Waals surface area contributed by atoms with E-state index in [0.29, 0.717) is 6.42 Å². The van der Waals surface area contributed by atoms with Crippen LogP contribution in [0.1, 0.15) is 12.0 Å². The van der Waals surface area contributed by atoms with Crippen LogP contribution in [0.5, 0.6) is 0 Å². The second-order valence-electron chi connectivity index (χ2n) is 3.23. The van der Waals surface area contributed by atoms with Gasteiger partial charge in [-0.15, -0.1) is 0 Å². The van der Waals surface area contributed by atoms with E-state index in [1.807, 2.05) is 30.3 Å². The van der Waals surface area contributed by atoms with Crippen LogP contribution in [-0.4, -0.2) is 17.1 Å². The molecular formula is C10H13N3O2. The molecule has 0 amide bonds. The Labute approximate surface area is 87.6 Å². The maximum atomic E-state index is 10.5. The molecule has 0 saturated carbocycles. The fraction of sp³-hybridized carbons (Fsp3) is 0.300. The number of rotatable bonds is 6. The molecule has 0 saturated heterocycles. The smallest absolute Gasteiger partial charge is 0.305 e. The van der Waals surface area contributed by atoms with Crippen LogP contribution in [0.2, 0.25) is 0 Å². The molecule has 1 aromatic rings. The van der Waals surface area contributed by atoms with Crippen molar-refractivity contribution in [1.29, 1.82) is 5.53 Å². The first kappa shape index (κ1) is 11.2. The average Bonchev–Trinajstić information content (AvgIpc) is 2.18. The minimum atomic E-state index is -0.896. The minimum absolute atomic E-state index is 0.0444. The standard InChI is InChI=1S/C10H13N3O2/c11-13-12-9(7-10(14)15)6-8-4-2-1-3-5-8/h1-5,9H,6-7H2,(H2,11,12)(H,14,15). The van der Waals surface area contributed by atoms with Gasteiger partial charge in [-0.25, -0.2) is 0 Å². The number of hydrogen-bond donors (Lipinski definition) is 3. The lowest BCUT2D eigenvalue weighted by atomic mass is 10.0. The molecule has 0 fully saturated rings. The summed E-state index contributed by atoms with van der Waals surface area (Å²) in [6.07, 6.45) is 0.507. The molecule has 0 aliphatic rings. The topological polar surface area (TPSA) is 85.5 Å². The van der Waals surface area contributed by atoms with E-state index in [2.05, 4.69) is 10.6 Å². The third-order valence-corrected chi connectivity index (χ3v) is 1.99. The van der Waals surface area contributed by atoms with Crippen molar-refractivity contribution < 1.29 is 9.90 Å². The number of benzene rings is 1. The summed E-state index contributed by atoms with van der Waals surface area (Å²) >= 11 is 0. The second kappa shape index (κ2) is 5.74. The molecule has 0 spiro atoms. The van der Waals surface area contributed by atoms with Crippen molar-refractivity contribution >= 4 is 5.97 Å². The monoisotopic (exact) mass is 207 g/mol. The first-order chi connectivity index (χ1) is 7.22. The normalized spacial score (nSPS) is 11.7. The van der Waals surface area contributed by atoms with E-state index in [1.165, 1.54) is 0 Å². The zero-order chi connectivity index (χ0) is 11.1. The lowest BCUT2D eigenvalue weighted by Gasteiger charge is -2.12. The maximum absolute atomic E-state index is 10.5. The van der Waals surface area contributed by atoms with Gasteiger partial charge in [-0.1, -0.05) is 35.6 Å². The van der Waals surface area contributed by atoms with Gasteiger partial charge >= 0.3 is 5.97 Å². The van der Waals surface area contributed by atoms with Crippen molar-refractivity contribution in [2.24, 2.45) is 5.22 Å². The third-order valence-electron chi connectivity index (χ3n) is 1.99. The van der Waals surface area contributed by atoms with Crippen LogP contribution < -0.4 is 5.43 Å². The summed E-state index contributed by atoms with van der Waals surface area (Å²) < 4.78 is 0. The first-order valence-electron chi connectivity index (χ1n) is 4.60. The van der Waals surface area contributed by atoms with E-state index < -0.39 is 5.97 Å². The summed E-state index contributed by atoms with van der Waals surface area (Å²) in [5.41, 5.74) is 10.2. The van der Waals surface area contributed by atoms with Crippen molar-refractivity contribution in [2.45, 2.75) is 18.9 Å². The van der Waals surface area contributed by atoms with Gasteiger partial charge in [-0.05, 0) is 12.0 Å². The number of carboxylic acid groups (broad SMARTS) is 1. The molecule has 80 valence electrons. The number of hydrogen-bond acceptors (Lipinski definition) is 3. The van der Waals surface area contributed by atoms with Crippen LogP contribution in [0.15, 0.2) is 35.6 Å². The fourth-order valence-corrected chi connectivity index (χ4v) is 1.36. The summed E-state index contributed by atoms with van der Waals surface area (Å²) in [6, 6.07) is 9.19. The van der Waals surface area contributed by atoms with E-state index in [4.69, 9.17) is 10.6 Å². The molecule has 0 bridgehead atoms. The molecule has 0 aliphatic heterocycles. The maximum Gasteiger partial charge on any atom is 0.305 e. The van der Waals surface area contributed by atoms with Gasteiger partial charge in [-0.2, -0.15) is 5.53 Å². The molecule has 3 N–H and O–H groups in total. The number of nitrogens with one attached hydrogen (secondary N) is 2. The highest BCUT2D eigenvalue weighted by atomic mass is 16.4. The SMILES string of the molecule is N=NNC(CC(=O)O)Cc1ccccc1. The van der Waals surface area contributed by atoms with E-state index in [1.54, 1.807) is 0 Å². The van der Waals surface area contributed by atoms with Gasteiger partial charge in [0.15, 0.2) is 0 Å². The largest absolute Gasteiger partial charge is 0.481 e. The van der Waals surface area contributed by atoms with Gasteiger partial charge in [0, 0.05) is 0 Å². The minimum Gasteiger partial charge on any atom is -0.481 e. The van der Waals surface area contributed by atoms with Crippen molar-refractivity contribution in [3.63, 3.8) is 0 Å². The highest BCUT2D eigenvalue weighted by Crippen LogP contribution is 2.05. The number of nitrogens with zero attached hydrogens (tertiary/aromatic N) is 1. The van der Waals surface area contributed by atoms with Gasteiger partial charge in [0.05, 0.1) is 12.5 Å². The molecule has 15 heavy (non-hydrogen) atoms. The summed E-state index contributed by atoms with van der Waals surface area (Å²) in [6.45, 7) is 0. The predicted octanol–water partition coefficient (Wildman–Crippen LogP) is 1.61. The molecule has 0 aromatic heterocycles. The summed E-state index contributed by atoms with van der Waals surface area (Å²) in [5, 5.41) is 11.7. The Bertz CT molecular complexity index is 327. The van der Waals surface area contributed by atoms with Gasteiger partial charge in [-0.3, -0.25) is 10.2 Å². The molecule has 5 nitrogen and oxygen atoms in total. The summed E-state index contributed by atoms with van der Waals surface area (Å²) in [4.78, 5) is 10.5. The van der Waals surface area contributed by atoms with Crippen molar-refractivity contribution in [1.82, 2.24) is 5.43 Å². The predicted molar refractivity (Wildman–Crippen MR) is 54.5 cm³/mol. The molecule has 5 heteroatoms. The zero-order valence-corrected chi connectivity index (χ0v) is 8.18. The number of carbonyl (C=O) groups is 1. The van der Waals surface area contributed by atoms with Crippen LogP contribution >= 0.6 is 0 Å². The molecule has 0 heterocycles. The van der Waals surface area contributed by atoms with Gasteiger partial charge in [0.1, 0.15) is 0 Å². The van der Waals surface area contributed by atoms with Crippen LogP contribution in [0.3, 0.4) is 0 Å². The van der Waals surface area contributed by atoms with Crippen molar-refractivity contribution in [3.05, 3.63) is 35.9 Å². The lowest BCUT2D eigenvalue weighted by molar-refractivity contribution is -0.137. The van der Waals surface area contributed by atoms with Crippen molar-refractivity contribution in [3.8, 4) is 0 Å². The van der Waals surface area contributed by atoms with Gasteiger partial charge in [0.2, 0.25) is 0 Å². The average molecular weight is 207 g/mol. The molecule has 1 atom stereocenters. The second-order valence-corrected chi connectivity index (χ2v) is 3.23. The highest BCUT2D eigenvalue weighted by Gasteiger charge is 2.12. The zero-order valence-electron chi connectivity index (χ0n) is 8.18. The quantitative estimate of drug-likeness (QED) is 0.489. The summed E-state index contributed by atoms with van der Waals surface area (Å²) in [5.74, 6) is -0.896. The van der Waals surface area contributed by atoms with Crippen molar-refractivity contribution in [2.75, 3.05) is 0 Å². The van der Waals surface area contributed by atoms with Crippen LogP contribution in [-0.2, 0) is 11.2 Å². The summed E-state index contributed by atoms with van der Waals surface area (Å²) in [7, 11) is 0. The molecule has 0 aliphatic carbocycles.